The molecule has 0 saturated heterocycles. The Balaban J connectivity index is 1.91. The highest BCUT2D eigenvalue weighted by Gasteiger charge is 2.28. The summed E-state index contributed by atoms with van der Waals surface area (Å²) in [5, 5.41) is 14.1. The van der Waals surface area contributed by atoms with Crippen molar-refractivity contribution in [2.75, 3.05) is 19.0 Å². The molecule has 11 nitrogen and oxygen atoms in total. The normalized spacial score (nSPS) is 12.2. The quantitative estimate of drug-likeness (QED) is 0.383. The van der Waals surface area contributed by atoms with Gasteiger partial charge in [-0.3, -0.25) is 24.3 Å². The number of nitrogens with zero attached hydrogens (tertiary/aromatic N) is 2. The molecule has 0 saturated carbocycles. The molecule has 0 fully saturated rings. The van der Waals surface area contributed by atoms with Crippen LogP contribution < -0.4 is 10.9 Å². The van der Waals surface area contributed by atoms with Crippen LogP contribution in [-0.4, -0.2) is 41.1 Å². The average Bonchev–Trinajstić information content (AvgIpc) is 3.29. The third-order valence-corrected chi connectivity index (χ3v) is 5.86. The minimum absolute atomic E-state index is 0.177. The second-order valence-corrected chi connectivity index (χ2v) is 7.73. The van der Waals surface area contributed by atoms with Crippen LogP contribution in [0.4, 0.5) is 10.7 Å². The van der Waals surface area contributed by atoms with E-state index in [9.17, 15) is 29.3 Å². The van der Waals surface area contributed by atoms with Gasteiger partial charge in [0.15, 0.2) is 0 Å². The Morgan fingerprint density at radius 3 is 2.68 bits per heavy atom. The summed E-state index contributed by atoms with van der Waals surface area (Å²) in [7, 11) is 1.03. The van der Waals surface area contributed by atoms with E-state index in [1.807, 2.05) is 0 Å². The summed E-state index contributed by atoms with van der Waals surface area (Å²) in [5.41, 5.74) is -0.873. The number of fused-ring (bicyclic) bond motifs is 1. The van der Waals surface area contributed by atoms with Gasteiger partial charge in [0.05, 0.1) is 30.4 Å². The maximum Gasteiger partial charge on any atom is 0.343 e. The lowest BCUT2D eigenvalue weighted by molar-refractivity contribution is -0.385. The molecule has 0 unspecified atom stereocenters. The molecule has 0 radical (unpaired) electrons. The molecule has 2 aromatic rings. The van der Waals surface area contributed by atoms with Crippen molar-refractivity contribution in [1.29, 1.82) is 0 Å². The fourth-order valence-electron chi connectivity index (χ4n) is 3.33. The highest BCUT2D eigenvalue weighted by atomic mass is 32.1. The first kappa shape index (κ1) is 22.2. The molecular formula is C19H19N3O8S. The zero-order valence-electron chi connectivity index (χ0n) is 16.8. The molecule has 31 heavy (non-hydrogen) atoms. The number of pyridine rings is 1. The number of esters is 2. The highest BCUT2D eigenvalue weighted by molar-refractivity contribution is 7.17. The third kappa shape index (κ3) is 4.48. The number of amides is 1. The number of anilines is 1. The molecule has 1 N–H and O–H groups in total. The van der Waals surface area contributed by atoms with Gasteiger partial charge in [-0.05, 0) is 31.7 Å². The van der Waals surface area contributed by atoms with Gasteiger partial charge < -0.3 is 14.8 Å². The van der Waals surface area contributed by atoms with E-state index in [4.69, 9.17) is 4.74 Å². The van der Waals surface area contributed by atoms with Gasteiger partial charge in [0.1, 0.15) is 17.1 Å². The summed E-state index contributed by atoms with van der Waals surface area (Å²) in [4.78, 5) is 60.7. The number of methoxy groups -OCH3 is 1. The average molecular weight is 449 g/mol. The molecule has 0 atom stereocenters. The fourth-order valence-corrected chi connectivity index (χ4v) is 4.62. The van der Waals surface area contributed by atoms with Crippen molar-refractivity contribution in [2.24, 2.45) is 0 Å². The summed E-state index contributed by atoms with van der Waals surface area (Å²) in [5.74, 6) is -2.29. The Hall–Kier alpha value is -3.54. The lowest BCUT2D eigenvalue weighted by atomic mass is 10.1. The molecule has 0 spiro atoms. The Bertz CT molecular complexity index is 1130. The largest absolute Gasteiger partial charge is 0.465 e. The number of hydrogen-bond donors (Lipinski definition) is 1. The number of ether oxygens (including phenoxy) is 2. The van der Waals surface area contributed by atoms with E-state index in [1.54, 1.807) is 6.92 Å². The second kappa shape index (κ2) is 9.08. The van der Waals surface area contributed by atoms with Gasteiger partial charge in [-0.15, -0.1) is 11.3 Å². The predicted octanol–water partition coefficient (Wildman–Crippen LogP) is 1.91. The van der Waals surface area contributed by atoms with Crippen molar-refractivity contribution in [3.63, 3.8) is 0 Å². The smallest absolute Gasteiger partial charge is 0.343 e. The third-order valence-electron chi connectivity index (χ3n) is 4.66. The maximum atomic E-state index is 12.6. The van der Waals surface area contributed by atoms with Gasteiger partial charge in [0, 0.05) is 10.9 Å². The van der Waals surface area contributed by atoms with E-state index >= 15 is 0 Å². The van der Waals surface area contributed by atoms with Crippen LogP contribution in [0.15, 0.2) is 17.1 Å². The molecule has 2 aromatic heterocycles. The summed E-state index contributed by atoms with van der Waals surface area (Å²) in [6.45, 7) is 1.25. The first-order valence-electron chi connectivity index (χ1n) is 9.35. The highest BCUT2D eigenvalue weighted by Crippen LogP contribution is 2.39. The topological polar surface area (TPSA) is 147 Å². The lowest BCUT2D eigenvalue weighted by Gasteiger charge is -2.10. The molecule has 3 rings (SSSR count). The van der Waals surface area contributed by atoms with Crippen molar-refractivity contribution in [3.8, 4) is 0 Å². The van der Waals surface area contributed by atoms with Crippen molar-refractivity contribution in [3.05, 3.63) is 54.3 Å². The number of hydrogen-bond acceptors (Lipinski definition) is 9. The Kier molecular flexibility index (Phi) is 6.49. The van der Waals surface area contributed by atoms with Crippen LogP contribution in [0.25, 0.3) is 0 Å². The van der Waals surface area contributed by atoms with Gasteiger partial charge >= 0.3 is 11.9 Å². The van der Waals surface area contributed by atoms with Crippen molar-refractivity contribution < 1.29 is 28.8 Å². The molecule has 12 heteroatoms. The molecule has 0 aromatic carbocycles. The van der Waals surface area contributed by atoms with E-state index < -0.39 is 46.1 Å². The number of carbonyl (C=O) groups excluding carboxylic acids is 3. The van der Waals surface area contributed by atoms with Gasteiger partial charge in [-0.1, -0.05) is 0 Å². The van der Waals surface area contributed by atoms with Crippen molar-refractivity contribution in [1.82, 2.24) is 4.57 Å². The van der Waals surface area contributed by atoms with E-state index in [0.29, 0.717) is 17.0 Å². The molecule has 164 valence electrons. The van der Waals surface area contributed by atoms with Crippen LogP contribution in [-0.2, 0) is 33.7 Å². The number of aromatic nitrogens is 1. The molecule has 0 aliphatic heterocycles. The molecular weight excluding hydrogens is 430 g/mol. The summed E-state index contributed by atoms with van der Waals surface area (Å²) in [6, 6.07) is 0.797. The first-order chi connectivity index (χ1) is 14.8. The maximum absolute atomic E-state index is 12.6. The second-order valence-electron chi connectivity index (χ2n) is 6.62. The van der Waals surface area contributed by atoms with E-state index in [1.165, 1.54) is 11.3 Å². The van der Waals surface area contributed by atoms with Gasteiger partial charge in [-0.25, -0.2) is 9.59 Å². The zero-order chi connectivity index (χ0) is 22.7. The first-order valence-corrected chi connectivity index (χ1v) is 10.2. The Morgan fingerprint density at radius 1 is 1.29 bits per heavy atom. The zero-order valence-corrected chi connectivity index (χ0v) is 17.6. The van der Waals surface area contributed by atoms with Gasteiger partial charge in [0.25, 0.3) is 11.2 Å². The predicted molar refractivity (Wildman–Crippen MR) is 110 cm³/mol. The van der Waals surface area contributed by atoms with Crippen LogP contribution in [0.3, 0.4) is 0 Å². The summed E-state index contributed by atoms with van der Waals surface area (Å²) < 4.78 is 10.3. The van der Waals surface area contributed by atoms with Gasteiger partial charge in [-0.2, -0.15) is 0 Å². The van der Waals surface area contributed by atoms with Crippen molar-refractivity contribution in [2.45, 2.75) is 32.7 Å². The number of thiophene rings is 1. The number of nitrogens with one attached hydrogen (secondary N) is 1. The standard InChI is InChI=1S/C19H19N3O8S/c1-3-30-19(26)15-11-5-4-6-13(11)31-16(15)20-14(23)9-21-8-10(22(27)28)7-12(17(21)24)18(25)29-2/h7-8H,3-6,9H2,1-2H3,(H,20,23). The van der Waals surface area contributed by atoms with Crippen LogP contribution >= 0.6 is 11.3 Å². The SMILES string of the molecule is CCOC(=O)c1c(NC(=O)Cn2cc([N+](=O)[O-])cc(C(=O)OC)c2=O)sc2c1CCC2. The number of rotatable bonds is 7. The van der Waals surface area contributed by atoms with E-state index in [0.717, 1.165) is 47.2 Å². The Labute approximate surface area is 179 Å². The fraction of sp³-hybridized carbons (Fsp3) is 0.368. The summed E-state index contributed by atoms with van der Waals surface area (Å²) >= 11 is 1.26. The molecule has 1 aliphatic rings. The van der Waals surface area contributed by atoms with Crippen molar-refractivity contribution >= 4 is 39.9 Å². The molecule has 0 bridgehead atoms. The summed E-state index contributed by atoms with van der Waals surface area (Å²) in [6.07, 6.45) is 3.26. The number of nitro groups is 1. The van der Waals surface area contributed by atoms with Crippen LogP contribution in [0.1, 0.15) is 44.5 Å². The van der Waals surface area contributed by atoms with E-state index in [-0.39, 0.29) is 6.61 Å². The van der Waals surface area contributed by atoms with Crippen LogP contribution in [0.2, 0.25) is 0 Å². The molecule has 2 heterocycles. The van der Waals surface area contributed by atoms with Gasteiger partial charge in [0.2, 0.25) is 5.91 Å². The number of aryl methyl sites for hydroxylation is 1. The molecule has 1 aliphatic carbocycles. The lowest BCUT2D eigenvalue weighted by Crippen LogP contribution is -2.31. The van der Waals surface area contributed by atoms with Crippen LogP contribution in [0.5, 0.6) is 0 Å². The molecule has 1 amide bonds. The van der Waals surface area contributed by atoms with E-state index in [2.05, 4.69) is 10.1 Å². The number of carbonyl (C=O) groups is 3. The van der Waals surface area contributed by atoms with Crippen LogP contribution in [0, 0.1) is 10.1 Å². The minimum Gasteiger partial charge on any atom is -0.465 e. The minimum atomic E-state index is -1.05. The Morgan fingerprint density at radius 2 is 2.03 bits per heavy atom. The monoisotopic (exact) mass is 449 g/mol.